The average Bonchev–Trinajstić information content (AvgIpc) is 3.17. The molecule has 0 fully saturated rings. The molecule has 0 amide bonds. The van der Waals surface area contributed by atoms with Crippen LogP contribution in [-0.2, 0) is 23.1 Å². The highest BCUT2D eigenvalue weighted by Gasteiger charge is 2.95. The van der Waals surface area contributed by atoms with Crippen molar-refractivity contribution in [3.8, 4) is 0 Å². The third-order valence-corrected chi connectivity index (χ3v) is 11.0. The summed E-state index contributed by atoms with van der Waals surface area (Å²) in [6.45, 7) is -2.04. The fourth-order valence-corrected chi connectivity index (χ4v) is 6.33. The van der Waals surface area contributed by atoms with Crippen molar-refractivity contribution in [2.24, 2.45) is 0 Å². The van der Waals surface area contributed by atoms with Crippen LogP contribution in [0.2, 0.25) is 0 Å². The van der Waals surface area contributed by atoms with Crippen LogP contribution in [0.4, 0.5) is 114 Å². The third kappa shape index (κ3) is 16.8. The van der Waals surface area contributed by atoms with Crippen molar-refractivity contribution in [1.82, 2.24) is 0 Å². The first kappa shape index (κ1) is 68.2. The Hall–Kier alpha value is -1.83. The van der Waals surface area contributed by atoms with E-state index in [0.717, 1.165) is 0 Å². The van der Waals surface area contributed by atoms with Gasteiger partial charge in [0.05, 0.1) is 34.4 Å². The molecule has 0 aromatic heterocycles. The van der Waals surface area contributed by atoms with E-state index in [1.54, 1.807) is 21.1 Å². The number of likely N-dealkylation sites (N-methyl/N-ethyl adjacent to an activating group) is 1. The molecule has 0 saturated heterocycles. The van der Waals surface area contributed by atoms with E-state index in [0.29, 0.717) is 32.1 Å². The highest BCUT2D eigenvalue weighted by atomic mass is 31.2. The summed E-state index contributed by atoms with van der Waals surface area (Å²) in [6.07, 6.45) is -21.7. The summed E-state index contributed by atoms with van der Waals surface area (Å²) in [6, 6.07) is 0. The Kier molecular flexibility index (Phi) is 24.0. The zero-order chi connectivity index (χ0) is 55.5. The molecule has 0 spiro atoms. The topological polar surface area (TPSA) is 74.2 Å². The second-order valence-electron chi connectivity index (χ2n) is 16.9. The second kappa shape index (κ2) is 24.7. The van der Waals surface area contributed by atoms with Crippen LogP contribution in [-0.4, -0.2) is 148 Å². The Balaban J connectivity index is 5.25. The van der Waals surface area contributed by atoms with Crippen LogP contribution in [0.3, 0.4) is 0 Å². The Labute approximate surface area is 383 Å². The van der Waals surface area contributed by atoms with Gasteiger partial charge >= 0.3 is 79.4 Å². The molecule has 0 saturated carbocycles. The number of hydrogen-bond acceptors (Lipinski definition) is 5. The standard InChI is InChI=1S/C36H50F26NO6P/c1-63(2,3)18-21-68-70(64,65)69-23-24(67-20-15-10-8-6-4-5-7-9-12-16-26(39,40)28(43,44)33(53,54)35(57,58)59)22-66-19-14-11-13-17-25(37,38)27(41,42)29(45,46)30(47,48)31(49,50)32(51,52)34(55,56)36(60,61)62/h24H,4-23H2,1-3H3/p+1/t24-/m1/s1. The zero-order valence-electron chi connectivity index (χ0n) is 36.9. The molecule has 0 aromatic carbocycles. The molecule has 1 unspecified atom stereocenters. The first-order chi connectivity index (χ1) is 31.0. The minimum atomic E-state index is -8.73. The monoisotopic (exact) mass is 1120 g/mol. The maximum absolute atomic E-state index is 14.2. The van der Waals surface area contributed by atoms with E-state index < -0.39 is 144 Å². The largest absolute Gasteiger partial charge is 0.472 e. The van der Waals surface area contributed by atoms with E-state index in [2.05, 4.69) is 0 Å². The number of nitrogens with zero attached hydrogens (tertiary/aromatic N) is 1. The summed E-state index contributed by atoms with van der Waals surface area (Å²) in [5, 5.41) is 0. The Bertz CT molecular complexity index is 1610. The maximum Gasteiger partial charge on any atom is 0.472 e. The predicted molar refractivity (Wildman–Crippen MR) is 191 cm³/mol. The lowest BCUT2D eigenvalue weighted by atomic mass is 9.88. The number of alkyl halides is 26. The van der Waals surface area contributed by atoms with E-state index in [-0.39, 0.29) is 43.5 Å². The van der Waals surface area contributed by atoms with E-state index in [9.17, 15) is 124 Å². The van der Waals surface area contributed by atoms with Gasteiger partial charge in [0.2, 0.25) is 0 Å². The fourth-order valence-electron chi connectivity index (χ4n) is 5.59. The molecular formula is C36H51F26NO6P+. The molecule has 70 heavy (non-hydrogen) atoms. The highest BCUT2D eigenvalue weighted by Crippen LogP contribution is 2.64. The molecule has 7 nitrogen and oxygen atoms in total. The van der Waals surface area contributed by atoms with Gasteiger partial charge in [0.1, 0.15) is 19.3 Å². The van der Waals surface area contributed by atoms with Crippen LogP contribution in [0, 0.1) is 0 Å². The minimum absolute atomic E-state index is 0.122. The quantitative estimate of drug-likeness (QED) is 0.0292. The molecular weight excluding hydrogens is 1070 g/mol. The highest BCUT2D eigenvalue weighted by molar-refractivity contribution is 7.47. The van der Waals surface area contributed by atoms with Gasteiger partial charge in [0.15, 0.2) is 0 Å². The van der Waals surface area contributed by atoms with Gasteiger partial charge < -0.3 is 18.9 Å². The Morgan fingerprint density at radius 1 is 0.400 bits per heavy atom. The molecule has 0 heterocycles. The zero-order valence-corrected chi connectivity index (χ0v) is 37.8. The van der Waals surface area contributed by atoms with Crippen LogP contribution in [0.25, 0.3) is 0 Å². The first-order valence-electron chi connectivity index (χ1n) is 20.5. The van der Waals surface area contributed by atoms with Crippen molar-refractivity contribution in [1.29, 1.82) is 0 Å². The van der Waals surface area contributed by atoms with Crippen LogP contribution in [0.5, 0.6) is 0 Å². The van der Waals surface area contributed by atoms with E-state index in [1.807, 2.05) is 0 Å². The molecule has 0 aliphatic carbocycles. The number of halogens is 26. The van der Waals surface area contributed by atoms with Crippen molar-refractivity contribution >= 4 is 7.82 Å². The predicted octanol–water partition coefficient (Wildman–Crippen LogP) is 14.2. The second-order valence-corrected chi connectivity index (χ2v) is 18.4. The van der Waals surface area contributed by atoms with Gasteiger partial charge in [-0.3, -0.25) is 9.05 Å². The van der Waals surface area contributed by atoms with Crippen LogP contribution in [0.15, 0.2) is 0 Å². The average molecular weight is 1120 g/mol. The lowest BCUT2D eigenvalue weighted by molar-refractivity contribution is -0.870. The van der Waals surface area contributed by atoms with Crippen LogP contribution >= 0.6 is 7.82 Å². The minimum Gasteiger partial charge on any atom is -0.379 e. The normalized spacial score (nSPS) is 16.5. The van der Waals surface area contributed by atoms with Crippen molar-refractivity contribution in [3.63, 3.8) is 0 Å². The summed E-state index contributed by atoms with van der Waals surface area (Å²) < 4.78 is 379. The summed E-state index contributed by atoms with van der Waals surface area (Å²) in [7, 11) is 0.380. The Morgan fingerprint density at radius 3 is 1.11 bits per heavy atom. The van der Waals surface area contributed by atoms with Gasteiger partial charge in [0, 0.05) is 26.1 Å². The lowest BCUT2D eigenvalue weighted by Gasteiger charge is -2.42. The molecule has 0 radical (unpaired) electrons. The number of phosphoric acid groups is 1. The van der Waals surface area contributed by atoms with Crippen molar-refractivity contribution in [2.75, 3.05) is 60.7 Å². The molecule has 422 valence electrons. The smallest absolute Gasteiger partial charge is 0.379 e. The molecule has 0 rings (SSSR count). The van der Waals surface area contributed by atoms with Crippen LogP contribution < -0.4 is 0 Å². The molecule has 0 aliphatic heterocycles. The van der Waals surface area contributed by atoms with Gasteiger partial charge in [-0.05, 0) is 25.7 Å². The first-order valence-corrected chi connectivity index (χ1v) is 22.0. The van der Waals surface area contributed by atoms with Crippen molar-refractivity contribution in [3.05, 3.63) is 0 Å². The Morgan fingerprint density at radius 2 is 0.714 bits per heavy atom. The maximum atomic E-state index is 14.2. The van der Waals surface area contributed by atoms with Gasteiger partial charge in [-0.2, -0.15) is 114 Å². The van der Waals surface area contributed by atoms with E-state index in [1.165, 1.54) is 0 Å². The van der Waals surface area contributed by atoms with Gasteiger partial charge in [0.25, 0.3) is 0 Å². The molecule has 0 aromatic rings. The summed E-state index contributed by atoms with van der Waals surface area (Å²) in [5.74, 6) is -76.4. The number of ether oxygens (including phenoxy) is 2. The SMILES string of the molecule is C[N+](C)(C)CCOP(=O)(O)OC[C@@H](COCCCCCC(F)(F)C(F)(F)C(F)(F)C(F)(F)C(F)(F)C(F)(F)C(F)(F)C(F)(F)F)OCCCCCCCCCCCC(F)(F)C(F)(F)C(F)(F)C(F)(F)F. The van der Waals surface area contributed by atoms with Gasteiger partial charge in [-0.25, -0.2) is 4.57 Å². The molecule has 2 atom stereocenters. The van der Waals surface area contributed by atoms with Crippen molar-refractivity contribution < 1.29 is 147 Å². The number of phosphoric ester groups is 1. The third-order valence-electron chi connectivity index (χ3n) is 10.0. The van der Waals surface area contributed by atoms with Gasteiger partial charge in [-0.1, -0.05) is 51.4 Å². The van der Waals surface area contributed by atoms with E-state index >= 15 is 0 Å². The van der Waals surface area contributed by atoms with E-state index in [4.69, 9.17) is 18.5 Å². The summed E-state index contributed by atoms with van der Waals surface area (Å²) >= 11 is 0. The fraction of sp³-hybridized carbons (Fsp3) is 1.00. The van der Waals surface area contributed by atoms with Crippen molar-refractivity contribution in [2.45, 2.75) is 168 Å². The summed E-state index contributed by atoms with van der Waals surface area (Å²) in [5.41, 5.74) is 0. The summed E-state index contributed by atoms with van der Waals surface area (Å²) in [4.78, 5) is 10.0. The van der Waals surface area contributed by atoms with Crippen LogP contribution in [0.1, 0.15) is 89.9 Å². The molecule has 0 bridgehead atoms. The number of quaternary nitrogens is 1. The lowest BCUT2D eigenvalue weighted by Crippen LogP contribution is -2.74. The number of hydrogen-bond donors (Lipinski definition) is 1. The molecule has 0 aliphatic rings. The number of unbranched alkanes of at least 4 members (excludes halogenated alkanes) is 10. The van der Waals surface area contributed by atoms with Gasteiger partial charge in [-0.15, -0.1) is 0 Å². The number of rotatable bonds is 36. The molecule has 1 N–H and O–H groups in total. The molecule has 34 heteroatoms.